The van der Waals surface area contributed by atoms with E-state index in [2.05, 4.69) is 16.1 Å². The number of phenolic OH excluding ortho intramolecular Hbond substituents is 1. The number of fused-ring (bicyclic) bond motifs is 1. The summed E-state index contributed by atoms with van der Waals surface area (Å²) in [5.41, 5.74) is 5.96. The molecule has 1 saturated heterocycles. The molecule has 2 heterocycles. The zero-order valence-corrected chi connectivity index (χ0v) is 13.1. The summed E-state index contributed by atoms with van der Waals surface area (Å²) in [6.45, 7) is 2.64. The molecule has 5 heteroatoms. The number of nitrogens with two attached hydrogens (primary N) is 1. The Morgan fingerprint density at radius 1 is 1.33 bits per heavy atom. The lowest BCUT2D eigenvalue weighted by atomic mass is 9.95. The van der Waals surface area contributed by atoms with Crippen LogP contribution in [-0.4, -0.2) is 40.7 Å². The van der Waals surface area contributed by atoms with Gasteiger partial charge in [0.2, 0.25) is 0 Å². The maximum atomic E-state index is 9.75. The highest BCUT2D eigenvalue weighted by Gasteiger charge is 2.33. The molecule has 1 fully saturated rings. The van der Waals surface area contributed by atoms with E-state index in [0.717, 1.165) is 49.1 Å². The van der Waals surface area contributed by atoms with Crippen LogP contribution in [-0.2, 0) is 0 Å². The van der Waals surface area contributed by atoms with Crippen LogP contribution in [0, 0.1) is 0 Å². The van der Waals surface area contributed by atoms with E-state index in [1.165, 1.54) is 0 Å². The molecule has 0 radical (unpaired) electrons. The fourth-order valence-corrected chi connectivity index (χ4v) is 3.77. The highest BCUT2D eigenvalue weighted by Crippen LogP contribution is 2.36. The molecule has 3 N–H and O–H groups in total. The summed E-state index contributed by atoms with van der Waals surface area (Å²) >= 11 is 1.88. The number of benzene rings is 1. The number of thioether (sulfide) groups is 1. The smallest absolute Gasteiger partial charge is 0.136 e. The molecule has 0 bridgehead atoms. The molecule has 21 heavy (non-hydrogen) atoms. The van der Waals surface area contributed by atoms with E-state index in [0.29, 0.717) is 0 Å². The molecule has 112 valence electrons. The molecule has 0 amide bonds. The molecule has 0 saturated carbocycles. The fourth-order valence-electron chi connectivity index (χ4n) is 3.01. The van der Waals surface area contributed by atoms with Crippen molar-refractivity contribution in [3.05, 3.63) is 30.5 Å². The third-order valence-corrected chi connectivity index (χ3v) is 5.95. The lowest BCUT2D eigenvalue weighted by Crippen LogP contribution is -2.46. The van der Waals surface area contributed by atoms with Crippen molar-refractivity contribution in [1.82, 2.24) is 4.98 Å². The van der Waals surface area contributed by atoms with Crippen LogP contribution in [0.25, 0.3) is 10.8 Å². The molecule has 3 rings (SSSR count). The summed E-state index contributed by atoms with van der Waals surface area (Å²) in [6, 6.07) is 7.44. The van der Waals surface area contributed by atoms with E-state index in [4.69, 9.17) is 5.73 Å². The summed E-state index contributed by atoms with van der Waals surface area (Å²) in [4.78, 5) is 6.86. The van der Waals surface area contributed by atoms with Crippen LogP contribution in [0.15, 0.2) is 30.5 Å². The molecule has 0 unspecified atom stereocenters. The standard InChI is InChI=1S/C16H21N3OS/c1-21-16(11-17)5-8-19(9-6-16)15-14-10-13(20)3-2-12(14)4-7-18-15/h2-4,7,10,20H,5-6,8-9,11,17H2,1H3. The SMILES string of the molecule is CSC1(CN)CCN(c2nccc3ccc(O)cc23)CC1. The van der Waals surface area contributed by atoms with Crippen LogP contribution < -0.4 is 10.6 Å². The molecule has 1 aromatic carbocycles. The van der Waals surface area contributed by atoms with Gasteiger partial charge in [0.25, 0.3) is 0 Å². The molecular weight excluding hydrogens is 282 g/mol. The maximum Gasteiger partial charge on any atom is 0.136 e. The molecule has 0 atom stereocenters. The van der Waals surface area contributed by atoms with Gasteiger partial charge in [-0.2, -0.15) is 11.8 Å². The summed E-state index contributed by atoms with van der Waals surface area (Å²) in [5.74, 6) is 1.25. The van der Waals surface area contributed by atoms with Crippen LogP contribution in [0.4, 0.5) is 5.82 Å². The zero-order chi connectivity index (χ0) is 14.9. The van der Waals surface area contributed by atoms with Gasteiger partial charge < -0.3 is 15.7 Å². The summed E-state index contributed by atoms with van der Waals surface area (Å²) in [6.07, 6.45) is 6.13. The molecule has 4 nitrogen and oxygen atoms in total. The number of anilines is 1. The van der Waals surface area contributed by atoms with Gasteiger partial charge in [0.05, 0.1) is 0 Å². The lowest BCUT2D eigenvalue weighted by molar-refractivity contribution is 0.455. The summed E-state index contributed by atoms with van der Waals surface area (Å²) in [7, 11) is 0. The minimum Gasteiger partial charge on any atom is -0.508 e. The monoisotopic (exact) mass is 303 g/mol. The normalized spacial score (nSPS) is 18.1. The molecule has 1 aromatic heterocycles. The number of hydrogen-bond donors (Lipinski definition) is 2. The van der Waals surface area contributed by atoms with Crippen LogP contribution in [0.2, 0.25) is 0 Å². The van der Waals surface area contributed by atoms with Gasteiger partial charge in [0.15, 0.2) is 0 Å². The Bertz CT molecular complexity index is 632. The lowest BCUT2D eigenvalue weighted by Gasteiger charge is -2.40. The van der Waals surface area contributed by atoms with Crippen molar-refractivity contribution in [1.29, 1.82) is 0 Å². The fraction of sp³-hybridized carbons (Fsp3) is 0.438. The number of phenols is 1. The Morgan fingerprint density at radius 3 is 2.76 bits per heavy atom. The van der Waals surface area contributed by atoms with Crippen molar-refractivity contribution < 1.29 is 5.11 Å². The van der Waals surface area contributed by atoms with Gasteiger partial charge in [0.1, 0.15) is 11.6 Å². The summed E-state index contributed by atoms with van der Waals surface area (Å²) in [5, 5.41) is 11.9. The minimum atomic E-state index is 0.212. The molecular formula is C16H21N3OS. The first kappa shape index (κ1) is 14.5. The second kappa shape index (κ2) is 5.73. The quantitative estimate of drug-likeness (QED) is 0.912. The van der Waals surface area contributed by atoms with Gasteiger partial charge in [-0.1, -0.05) is 6.07 Å². The first-order valence-electron chi connectivity index (χ1n) is 7.25. The molecule has 0 aliphatic carbocycles. The van der Waals surface area contributed by atoms with E-state index in [1.54, 1.807) is 12.1 Å². The first-order chi connectivity index (χ1) is 10.2. The van der Waals surface area contributed by atoms with Gasteiger partial charge in [-0.05, 0) is 42.7 Å². The van der Waals surface area contributed by atoms with Gasteiger partial charge in [0, 0.05) is 36.0 Å². The number of rotatable bonds is 3. The second-order valence-corrected chi connectivity index (χ2v) is 6.89. The Morgan fingerprint density at radius 2 is 2.10 bits per heavy atom. The predicted molar refractivity (Wildman–Crippen MR) is 90.2 cm³/mol. The van der Waals surface area contributed by atoms with Crippen LogP contribution in [0.1, 0.15) is 12.8 Å². The van der Waals surface area contributed by atoms with Gasteiger partial charge >= 0.3 is 0 Å². The van der Waals surface area contributed by atoms with E-state index < -0.39 is 0 Å². The van der Waals surface area contributed by atoms with Crippen LogP contribution in [0.3, 0.4) is 0 Å². The average Bonchev–Trinajstić information content (AvgIpc) is 2.54. The summed E-state index contributed by atoms with van der Waals surface area (Å²) < 4.78 is 0.212. The van der Waals surface area contributed by atoms with E-state index in [-0.39, 0.29) is 10.5 Å². The average molecular weight is 303 g/mol. The third kappa shape index (κ3) is 2.68. The van der Waals surface area contributed by atoms with Gasteiger partial charge in [-0.3, -0.25) is 0 Å². The topological polar surface area (TPSA) is 62.4 Å². The highest BCUT2D eigenvalue weighted by atomic mass is 32.2. The van der Waals surface area contributed by atoms with Crippen molar-refractivity contribution in [2.24, 2.45) is 5.73 Å². The van der Waals surface area contributed by atoms with Crippen molar-refractivity contribution in [2.75, 3.05) is 30.8 Å². The Labute approximate surface area is 129 Å². The number of aromatic hydroxyl groups is 1. The van der Waals surface area contributed by atoms with Crippen molar-refractivity contribution in [3.63, 3.8) is 0 Å². The Hall–Kier alpha value is -1.46. The van der Waals surface area contributed by atoms with Crippen molar-refractivity contribution in [2.45, 2.75) is 17.6 Å². The van der Waals surface area contributed by atoms with E-state index in [1.807, 2.05) is 30.1 Å². The highest BCUT2D eigenvalue weighted by molar-refractivity contribution is 8.00. The van der Waals surface area contributed by atoms with Crippen molar-refractivity contribution in [3.8, 4) is 5.75 Å². The van der Waals surface area contributed by atoms with E-state index >= 15 is 0 Å². The van der Waals surface area contributed by atoms with Crippen molar-refractivity contribution >= 4 is 28.4 Å². The number of nitrogens with zero attached hydrogens (tertiary/aromatic N) is 2. The largest absolute Gasteiger partial charge is 0.508 e. The first-order valence-corrected chi connectivity index (χ1v) is 8.48. The zero-order valence-electron chi connectivity index (χ0n) is 12.2. The Kier molecular flexibility index (Phi) is 3.95. The van der Waals surface area contributed by atoms with Gasteiger partial charge in [-0.25, -0.2) is 4.98 Å². The predicted octanol–water partition coefficient (Wildman–Crippen LogP) is 2.60. The van der Waals surface area contributed by atoms with E-state index in [9.17, 15) is 5.11 Å². The minimum absolute atomic E-state index is 0.212. The molecule has 1 aliphatic rings. The van der Waals surface area contributed by atoms with Crippen LogP contribution in [0.5, 0.6) is 5.75 Å². The molecule has 2 aromatic rings. The van der Waals surface area contributed by atoms with Gasteiger partial charge in [-0.15, -0.1) is 0 Å². The number of pyridine rings is 1. The number of piperidine rings is 1. The second-order valence-electron chi connectivity index (χ2n) is 5.62. The number of aromatic nitrogens is 1. The Balaban J connectivity index is 1.90. The van der Waals surface area contributed by atoms with Crippen LogP contribution >= 0.6 is 11.8 Å². The maximum absolute atomic E-state index is 9.75. The number of hydrogen-bond acceptors (Lipinski definition) is 5. The molecule has 1 aliphatic heterocycles. The third-order valence-electron chi connectivity index (χ3n) is 4.51. The molecule has 0 spiro atoms.